The van der Waals surface area contributed by atoms with Gasteiger partial charge in [0, 0.05) is 35.6 Å². The van der Waals surface area contributed by atoms with E-state index in [4.69, 9.17) is 16.0 Å². The lowest BCUT2D eigenvalue weighted by atomic mass is 9.97. The number of aromatic nitrogens is 2. The maximum Gasteiger partial charge on any atom is 0.321 e. The molecule has 24 heavy (non-hydrogen) atoms. The lowest BCUT2D eigenvalue weighted by Crippen LogP contribution is -2.40. The molecule has 0 atom stereocenters. The Hall–Kier alpha value is -2.08. The van der Waals surface area contributed by atoms with Crippen LogP contribution in [-0.2, 0) is 0 Å². The van der Waals surface area contributed by atoms with E-state index in [0.717, 1.165) is 37.5 Å². The normalized spacial score (nSPS) is 18.6. The number of carbonyl (C=O) groups is 1. The predicted octanol–water partition coefficient (Wildman–Crippen LogP) is 4.01. The molecule has 0 unspecified atom stereocenters. The van der Waals surface area contributed by atoms with Gasteiger partial charge in [0.2, 0.25) is 11.8 Å². The van der Waals surface area contributed by atoms with E-state index < -0.39 is 0 Å². The third-order valence-corrected chi connectivity index (χ3v) is 4.83. The molecule has 1 aromatic carbocycles. The summed E-state index contributed by atoms with van der Waals surface area (Å²) >= 11 is 5.94. The van der Waals surface area contributed by atoms with E-state index in [9.17, 15) is 4.79 Å². The Morgan fingerprint density at radius 1 is 1.12 bits per heavy atom. The van der Waals surface area contributed by atoms with Crippen LogP contribution in [0.4, 0.5) is 10.5 Å². The topological polar surface area (TPSA) is 71.3 Å². The summed E-state index contributed by atoms with van der Waals surface area (Å²) in [6, 6.07) is 7.07. The fourth-order valence-electron chi connectivity index (χ4n) is 3.01. The number of benzene rings is 1. The van der Waals surface area contributed by atoms with E-state index in [-0.39, 0.29) is 11.9 Å². The first-order valence-corrected chi connectivity index (χ1v) is 8.71. The second-order valence-corrected chi connectivity index (χ2v) is 6.89. The fourth-order valence-corrected chi connectivity index (χ4v) is 3.20. The Morgan fingerprint density at radius 2 is 1.79 bits per heavy atom. The minimum atomic E-state index is -0.0973. The van der Waals surface area contributed by atoms with E-state index in [1.165, 1.54) is 0 Å². The molecule has 0 bridgehead atoms. The molecule has 1 saturated carbocycles. The van der Waals surface area contributed by atoms with E-state index in [2.05, 4.69) is 15.5 Å². The maximum absolute atomic E-state index is 12.3. The second kappa shape index (κ2) is 6.43. The van der Waals surface area contributed by atoms with Gasteiger partial charge in [-0.3, -0.25) is 0 Å². The van der Waals surface area contributed by atoms with E-state index in [1.807, 2.05) is 17.0 Å². The summed E-state index contributed by atoms with van der Waals surface area (Å²) in [5.74, 6) is 2.24. The van der Waals surface area contributed by atoms with Crippen LogP contribution in [0.25, 0.3) is 0 Å². The van der Waals surface area contributed by atoms with E-state index >= 15 is 0 Å². The number of piperidine rings is 1. The third-order valence-electron chi connectivity index (χ3n) is 4.59. The van der Waals surface area contributed by atoms with Crippen LogP contribution in [-0.4, -0.2) is 34.2 Å². The molecule has 1 N–H and O–H groups in total. The largest absolute Gasteiger partial charge is 0.425 e. The summed E-state index contributed by atoms with van der Waals surface area (Å²) < 4.78 is 5.80. The van der Waals surface area contributed by atoms with Crippen molar-refractivity contribution < 1.29 is 9.21 Å². The standard InChI is InChI=1S/C17H19ClN4O2/c18-13-2-1-3-14(10-13)19-17(23)22-8-6-12(7-9-22)16-21-20-15(24-16)11-4-5-11/h1-3,10-12H,4-9H2,(H,19,23). The van der Waals surface area contributed by atoms with Gasteiger partial charge in [-0.25, -0.2) is 4.79 Å². The SMILES string of the molecule is O=C(Nc1cccc(Cl)c1)N1CCC(c2nnc(C3CC3)o2)CC1. The van der Waals surface area contributed by atoms with Gasteiger partial charge in [-0.1, -0.05) is 17.7 Å². The third kappa shape index (κ3) is 3.38. The Morgan fingerprint density at radius 3 is 2.42 bits per heavy atom. The van der Waals surface area contributed by atoms with Gasteiger partial charge >= 0.3 is 6.03 Å². The molecule has 2 fully saturated rings. The highest BCUT2D eigenvalue weighted by Crippen LogP contribution is 2.40. The fraction of sp³-hybridized carbons (Fsp3) is 0.471. The summed E-state index contributed by atoms with van der Waals surface area (Å²) in [4.78, 5) is 14.2. The van der Waals surface area contributed by atoms with Crippen molar-refractivity contribution >= 4 is 23.3 Å². The van der Waals surface area contributed by atoms with Crippen LogP contribution in [0, 0.1) is 0 Å². The molecule has 0 spiro atoms. The van der Waals surface area contributed by atoms with Gasteiger partial charge < -0.3 is 14.6 Å². The van der Waals surface area contributed by atoms with Crippen LogP contribution < -0.4 is 5.32 Å². The molecule has 6 nitrogen and oxygen atoms in total. The molecule has 7 heteroatoms. The number of urea groups is 1. The number of rotatable bonds is 3. The molecular weight excluding hydrogens is 328 g/mol. The Kier molecular flexibility index (Phi) is 4.14. The molecule has 126 valence electrons. The highest BCUT2D eigenvalue weighted by molar-refractivity contribution is 6.30. The number of hydrogen-bond acceptors (Lipinski definition) is 4. The summed E-state index contributed by atoms with van der Waals surface area (Å²) in [5, 5.41) is 11.8. The van der Waals surface area contributed by atoms with Crippen molar-refractivity contribution in [3.05, 3.63) is 41.1 Å². The van der Waals surface area contributed by atoms with Gasteiger partial charge in [-0.15, -0.1) is 10.2 Å². The average Bonchev–Trinajstić information content (AvgIpc) is 3.32. The number of amides is 2. The van der Waals surface area contributed by atoms with Gasteiger partial charge in [0.15, 0.2) is 0 Å². The molecule has 1 aliphatic heterocycles. The van der Waals surface area contributed by atoms with Crippen LogP contribution in [0.3, 0.4) is 0 Å². The first-order valence-electron chi connectivity index (χ1n) is 8.34. The maximum atomic E-state index is 12.3. The summed E-state index contributed by atoms with van der Waals surface area (Å²) in [7, 11) is 0. The zero-order valence-electron chi connectivity index (χ0n) is 13.2. The molecule has 2 aromatic rings. The number of anilines is 1. The van der Waals surface area contributed by atoms with Crippen LogP contribution >= 0.6 is 11.6 Å². The molecule has 1 saturated heterocycles. The minimum absolute atomic E-state index is 0.0973. The molecule has 1 aliphatic carbocycles. The van der Waals surface area contributed by atoms with Crippen molar-refractivity contribution in [2.24, 2.45) is 0 Å². The summed E-state index contributed by atoms with van der Waals surface area (Å²) in [6.45, 7) is 1.36. The van der Waals surface area contributed by atoms with Crippen molar-refractivity contribution in [2.75, 3.05) is 18.4 Å². The van der Waals surface area contributed by atoms with Gasteiger partial charge in [0.25, 0.3) is 0 Å². The van der Waals surface area contributed by atoms with Crippen LogP contribution in [0.5, 0.6) is 0 Å². The van der Waals surface area contributed by atoms with Crippen LogP contribution in [0.1, 0.15) is 49.3 Å². The van der Waals surface area contributed by atoms with Crippen molar-refractivity contribution in [3.8, 4) is 0 Å². The summed E-state index contributed by atoms with van der Waals surface area (Å²) in [6.07, 6.45) is 4.00. The van der Waals surface area contributed by atoms with Gasteiger partial charge in [0.05, 0.1) is 0 Å². The summed E-state index contributed by atoms with van der Waals surface area (Å²) in [5.41, 5.74) is 0.709. The Bertz CT molecular complexity index is 736. The van der Waals surface area contributed by atoms with Crippen molar-refractivity contribution in [1.29, 1.82) is 0 Å². The lowest BCUT2D eigenvalue weighted by Gasteiger charge is -2.30. The quantitative estimate of drug-likeness (QED) is 0.911. The van der Waals surface area contributed by atoms with Crippen LogP contribution in [0.15, 0.2) is 28.7 Å². The first-order chi connectivity index (χ1) is 11.7. The van der Waals surface area contributed by atoms with Gasteiger partial charge in [-0.2, -0.15) is 0 Å². The molecule has 1 aromatic heterocycles. The molecular formula is C17H19ClN4O2. The molecule has 4 rings (SSSR count). The number of nitrogens with one attached hydrogen (secondary N) is 1. The average molecular weight is 347 g/mol. The molecule has 0 radical (unpaired) electrons. The molecule has 2 aliphatic rings. The molecule has 2 heterocycles. The second-order valence-electron chi connectivity index (χ2n) is 6.45. The van der Waals surface area contributed by atoms with Crippen molar-refractivity contribution in [2.45, 2.75) is 37.5 Å². The highest BCUT2D eigenvalue weighted by atomic mass is 35.5. The minimum Gasteiger partial charge on any atom is -0.425 e. The Labute approximate surface area is 145 Å². The number of likely N-dealkylation sites (tertiary alicyclic amines) is 1. The van der Waals surface area contributed by atoms with Crippen molar-refractivity contribution in [1.82, 2.24) is 15.1 Å². The van der Waals surface area contributed by atoms with Gasteiger partial charge in [-0.05, 0) is 43.9 Å². The highest BCUT2D eigenvalue weighted by Gasteiger charge is 2.32. The lowest BCUT2D eigenvalue weighted by molar-refractivity contribution is 0.189. The number of carbonyl (C=O) groups excluding carboxylic acids is 1. The number of hydrogen-bond donors (Lipinski definition) is 1. The monoisotopic (exact) mass is 346 g/mol. The zero-order valence-corrected chi connectivity index (χ0v) is 14.0. The van der Waals surface area contributed by atoms with Crippen LogP contribution in [0.2, 0.25) is 5.02 Å². The van der Waals surface area contributed by atoms with E-state index in [1.54, 1.807) is 12.1 Å². The smallest absolute Gasteiger partial charge is 0.321 e. The number of halogens is 1. The van der Waals surface area contributed by atoms with Crippen molar-refractivity contribution in [3.63, 3.8) is 0 Å². The number of nitrogens with zero attached hydrogens (tertiary/aromatic N) is 3. The first kappa shape index (κ1) is 15.4. The van der Waals surface area contributed by atoms with E-state index in [0.29, 0.717) is 29.7 Å². The zero-order chi connectivity index (χ0) is 16.5. The van der Waals surface area contributed by atoms with Gasteiger partial charge in [0.1, 0.15) is 0 Å². The Balaban J connectivity index is 1.32. The predicted molar refractivity (Wildman–Crippen MR) is 90.3 cm³/mol. The molecule has 2 amide bonds.